The van der Waals surface area contributed by atoms with Crippen molar-refractivity contribution in [2.75, 3.05) is 20.3 Å². The van der Waals surface area contributed by atoms with E-state index in [4.69, 9.17) is 9.47 Å². The van der Waals surface area contributed by atoms with Gasteiger partial charge in [-0.05, 0) is 48.4 Å². The normalized spacial score (nSPS) is 12.1. The maximum atomic E-state index is 12.0. The molecular formula is C20H23NO5. The number of aromatic hydroxyl groups is 2. The Labute approximate surface area is 152 Å². The van der Waals surface area contributed by atoms with Crippen LogP contribution in [0.25, 0.3) is 6.08 Å². The van der Waals surface area contributed by atoms with E-state index in [1.807, 2.05) is 31.2 Å². The first-order valence-electron chi connectivity index (χ1n) is 8.22. The Balaban J connectivity index is 1.89. The van der Waals surface area contributed by atoms with Crippen molar-refractivity contribution in [1.29, 1.82) is 0 Å². The second kappa shape index (κ2) is 9.48. The van der Waals surface area contributed by atoms with E-state index < -0.39 is 0 Å². The standard InChI is InChI=1S/C20H23NO5/c1-14(16-5-7-17(8-6-16)26-12-11-25-2)21-20(24)10-4-15-3-9-18(22)19(23)13-15/h3-10,13-14,22-23H,11-12H2,1-2H3,(H,21,24)/b10-4+. The zero-order valence-corrected chi connectivity index (χ0v) is 14.8. The molecule has 0 aliphatic carbocycles. The Bertz CT molecular complexity index is 755. The van der Waals surface area contributed by atoms with Crippen LogP contribution in [0.2, 0.25) is 0 Å². The molecule has 3 N–H and O–H groups in total. The van der Waals surface area contributed by atoms with Gasteiger partial charge in [0.1, 0.15) is 12.4 Å². The molecule has 0 aliphatic heterocycles. The molecule has 0 fully saturated rings. The van der Waals surface area contributed by atoms with E-state index in [1.54, 1.807) is 19.3 Å². The summed E-state index contributed by atoms with van der Waals surface area (Å²) in [6.45, 7) is 2.90. The minimum Gasteiger partial charge on any atom is -0.504 e. The molecule has 0 aliphatic rings. The van der Waals surface area contributed by atoms with Crippen LogP contribution in [0.4, 0.5) is 0 Å². The average Bonchev–Trinajstić information content (AvgIpc) is 2.63. The predicted molar refractivity (Wildman–Crippen MR) is 99.2 cm³/mol. The van der Waals surface area contributed by atoms with Crippen LogP contribution in [0.5, 0.6) is 17.2 Å². The predicted octanol–water partition coefficient (Wildman–Crippen LogP) is 3.01. The number of hydrogen-bond donors (Lipinski definition) is 3. The highest BCUT2D eigenvalue weighted by atomic mass is 16.5. The molecule has 1 unspecified atom stereocenters. The SMILES string of the molecule is COCCOc1ccc(C(C)NC(=O)/C=C/c2ccc(O)c(O)c2)cc1. The molecule has 1 amide bonds. The fourth-order valence-electron chi connectivity index (χ4n) is 2.26. The van der Waals surface area contributed by atoms with Crippen LogP contribution in [0, 0.1) is 0 Å². The molecular weight excluding hydrogens is 334 g/mol. The molecule has 0 heterocycles. The number of benzene rings is 2. The van der Waals surface area contributed by atoms with Gasteiger partial charge >= 0.3 is 0 Å². The van der Waals surface area contributed by atoms with Crippen molar-refractivity contribution >= 4 is 12.0 Å². The van der Waals surface area contributed by atoms with Gasteiger partial charge in [-0.3, -0.25) is 4.79 Å². The lowest BCUT2D eigenvalue weighted by Gasteiger charge is -2.14. The van der Waals surface area contributed by atoms with Crippen molar-refractivity contribution in [3.8, 4) is 17.2 Å². The van der Waals surface area contributed by atoms with E-state index >= 15 is 0 Å². The summed E-state index contributed by atoms with van der Waals surface area (Å²) in [7, 11) is 1.62. The van der Waals surface area contributed by atoms with Crippen LogP contribution in [0.1, 0.15) is 24.1 Å². The summed E-state index contributed by atoms with van der Waals surface area (Å²) in [4.78, 5) is 12.0. The number of rotatable bonds is 8. The molecule has 2 aromatic rings. The number of methoxy groups -OCH3 is 1. The number of phenolic OH excluding ortho intramolecular Hbond substituents is 2. The third kappa shape index (κ3) is 5.82. The van der Waals surface area contributed by atoms with Crippen molar-refractivity contribution < 1.29 is 24.5 Å². The second-order valence-corrected chi connectivity index (χ2v) is 5.72. The van der Waals surface area contributed by atoms with E-state index in [-0.39, 0.29) is 23.4 Å². The zero-order chi connectivity index (χ0) is 18.9. The van der Waals surface area contributed by atoms with E-state index in [1.165, 1.54) is 18.2 Å². The maximum absolute atomic E-state index is 12.0. The quantitative estimate of drug-likeness (QED) is 0.384. The summed E-state index contributed by atoms with van der Waals surface area (Å²) in [5.41, 5.74) is 1.56. The van der Waals surface area contributed by atoms with Crippen LogP contribution in [0.3, 0.4) is 0 Å². The summed E-state index contributed by atoms with van der Waals surface area (Å²) in [5.74, 6) is 0.0606. The molecule has 0 saturated carbocycles. The highest BCUT2D eigenvalue weighted by molar-refractivity contribution is 5.92. The summed E-state index contributed by atoms with van der Waals surface area (Å²) >= 11 is 0. The molecule has 0 radical (unpaired) electrons. The van der Waals surface area contributed by atoms with Gasteiger partial charge in [-0.15, -0.1) is 0 Å². The number of carbonyl (C=O) groups excluding carboxylic acids is 1. The third-order valence-corrected chi connectivity index (χ3v) is 3.72. The Morgan fingerprint density at radius 3 is 2.50 bits per heavy atom. The summed E-state index contributed by atoms with van der Waals surface area (Å²) in [6.07, 6.45) is 2.94. The zero-order valence-electron chi connectivity index (χ0n) is 14.8. The van der Waals surface area contributed by atoms with E-state index in [2.05, 4.69) is 5.32 Å². The fraction of sp³-hybridized carbons (Fsp3) is 0.250. The van der Waals surface area contributed by atoms with Gasteiger partial charge in [-0.1, -0.05) is 18.2 Å². The first kappa shape index (κ1) is 19.3. The molecule has 0 bridgehead atoms. The minimum atomic E-state index is -0.259. The van der Waals surface area contributed by atoms with E-state index in [0.29, 0.717) is 18.8 Å². The van der Waals surface area contributed by atoms with Gasteiger partial charge in [0.2, 0.25) is 5.91 Å². The van der Waals surface area contributed by atoms with Crippen molar-refractivity contribution in [2.24, 2.45) is 0 Å². The lowest BCUT2D eigenvalue weighted by Crippen LogP contribution is -2.24. The summed E-state index contributed by atoms with van der Waals surface area (Å²) in [6, 6.07) is 11.7. The lowest BCUT2D eigenvalue weighted by atomic mass is 10.1. The van der Waals surface area contributed by atoms with Gasteiger partial charge in [0.15, 0.2) is 11.5 Å². The van der Waals surface area contributed by atoms with Crippen molar-refractivity contribution in [1.82, 2.24) is 5.32 Å². The Morgan fingerprint density at radius 1 is 1.12 bits per heavy atom. The molecule has 2 rings (SSSR count). The summed E-state index contributed by atoms with van der Waals surface area (Å²) in [5, 5.41) is 21.6. The Kier molecular flexibility index (Phi) is 7.05. The molecule has 0 saturated heterocycles. The van der Waals surface area contributed by atoms with Crippen LogP contribution in [0.15, 0.2) is 48.5 Å². The number of ether oxygens (including phenoxy) is 2. The number of hydrogen-bond acceptors (Lipinski definition) is 5. The largest absolute Gasteiger partial charge is 0.504 e. The van der Waals surface area contributed by atoms with Gasteiger partial charge in [-0.2, -0.15) is 0 Å². The first-order chi connectivity index (χ1) is 12.5. The second-order valence-electron chi connectivity index (χ2n) is 5.72. The molecule has 0 aromatic heterocycles. The fourth-order valence-corrected chi connectivity index (χ4v) is 2.26. The van der Waals surface area contributed by atoms with Crippen LogP contribution < -0.4 is 10.1 Å². The topological polar surface area (TPSA) is 88.0 Å². The van der Waals surface area contributed by atoms with Gasteiger partial charge in [0.05, 0.1) is 12.6 Å². The van der Waals surface area contributed by atoms with Crippen LogP contribution >= 0.6 is 0 Å². The van der Waals surface area contributed by atoms with Gasteiger partial charge < -0.3 is 25.0 Å². The third-order valence-electron chi connectivity index (χ3n) is 3.72. The average molecular weight is 357 g/mol. The van der Waals surface area contributed by atoms with Gasteiger partial charge in [0, 0.05) is 13.2 Å². The van der Waals surface area contributed by atoms with E-state index in [0.717, 1.165) is 11.3 Å². The molecule has 26 heavy (non-hydrogen) atoms. The van der Waals surface area contributed by atoms with E-state index in [9.17, 15) is 15.0 Å². The number of carbonyl (C=O) groups is 1. The molecule has 2 aromatic carbocycles. The minimum absolute atomic E-state index is 0.173. The van der Waals surface area contributed by atoms with Crippen molar-refractivity contribution in [3.63, 3.8) is 0 Å². The molecule has 1 atom stereocenters. The number of nitrogens with one attached hydrogen (secondary N) is 1. The number of amides is 1. The van der Waals surface area contributed by atoms with Crippen LogP contribution in [-0.2, 0) is 9.53 Å². The Hall–Kier alpha value is -2.99. The molecule has 6 nitrogen and oxygen atoms in total. The highest BCUT2D eigenvalue weighted by Crippen LogP contribution is 2.25. The smallest absolute Gasteiger partial charge is 0.244 e. The molecule has 0 spiro atoms. The van der Waals surface area contributed by atoms with Gasteiger partial charge in [0.25, 0.3) is 0 Å². The lowest BCUT2D eigenvalue weighted by molar-refractivity contribution is -0.117. The highest BCUT2D eigenvalue weighted by Gasteiger charge is 2.08. The Morgan fingerprint density at radius 2 is 1.85 bits per heavy atom. The monoisotopic (exact) mass is 357 g/mol. The van der Waals surface area contributed by atoms with Crippen LogP contribution in [-0.4, -0.2) is 36.4 Å². The number of phenols is 2. The molecule has 138 valence electrons. The summed E-state index contributed by atoms with van der Waals surface area (Å²) < 4.78 is 10.4. The molecule has 6 heteroatoms. The van der Waals surface area contributed by atoms with Gasteiger partial charge in [-0.25, -0.2) is 0 Å². The van der Waals surface area contributed by atoms with Crippen molar-refractivity contribution in [3.05, 3.63) is 59.7 Å². The maximum Gasteiger partial charge on any atom is 0.244 e. The van der Waals surface area contributed by atoms with Crippen molar-refractivity contribution in [2.45, 2.75) is 13.0 Å². The first-order valence-corrected chi connectivity index (χ1v) is 8.22.